The van der Waals surface area contributed by atoms with Gasteiger partial charge in [-0.15, -0.1) is 0 Å². The predicted octanol–water partition coefficient (Wildman–Crippen LogP) is 1.81. The summed E-state index contributed by atoms with van der Waals surface area (Å²) < 4.78 is 0. The van der Waals surface area contributed by atoms with Crippen LogP contribution in [0, 0.1) is 11.3 Å². The molecule has 19 heavy (non-hydrogen) atoms. The summed E-state index contributed by atoms with van der Waals surface area (Å²) in [5, 5.41) is 12.6. The molecule has 4 nitrogen and oxygen atoms in total. The lowest BCUT2D eigenvalue weighted by molar-refractivity contribution is -0.124. The Bertz CT molecular complexity index is 273. The number of nitrogens with two attached hydrogens (primary N) is 1. The van der Waals surface area contributed by atoms with Crippen LogP contribution in [0.5, 0.6) is 0 Å². The average Bonchev–Trinajstić information content (AvgIpc) is 2.37. The molecule has 1 atom stereocenters. The highest BCUT2D eigenvalue weighted by molar-refractivity contribution is 5.76. The molecule has 1 unspecified atom stereocenters. The van der Waals surface area contributed by atoms with Gasteiger partial charge in [0.25, 0.3) is 0 Å². The van der Waals surface area contributed by atoms with Gasteiger partial charge in [-0.25, -0.2) is 0 Å². The summed E-state index contributed by atoms with van der Waals surface area (Å²) in [5.74, 6) is 0.482. The highest BCUT2D eigenvalue weighted by atomic mass is 16.3. The summed E-state index contributed by atoms with van der Waals surface area (Å²) in [5.41, 5.74) is 5.88. The largest absolute Gasteiger partial charge is 0.391 e. The van der Waals surface area contributed by atoms with Crippen molar-refractivity contribution in [3.8, 4) is 0 Å². The minimum Gasteiger partial charge on any atom is -0.391 e. The smallest absolute Gasteiger partial charge is 0.220 e. The van der Waals surface area contributed by atoms with Gasteiger partial charge in [-0.2, -0.15) is 0 Å². The van der Waals surface area contributed by atoms with Gasteiger partial charge >= 0.3 is 0 Å². The van der Waals surface area contributed by atoms with Crippen molar-refractivity contribution in [1.82, 2.24) is 5.32 Å². The number of hydrogen-bond donors (Lipinski definition) is 3. The number of aliphatic hydroxyl groups excluding tert-OH is 1. The van der Waals surface area contributed by atoms with E-state index in [9.17, 15) is 9.90 Å². The lowest BCUT2D eigenvalue weighted by atomic mass is 9.71. The molecule has 1 amide bonds. The van der Waals surface area contributed by atoms with E-state index in [1.54, 1.807) is 0 Å². The second-order valence-electron chi connectivity index (χ2n) is 6.53. The monoisotopic (exact) mass is 270 g/mol. The fraction of sp³-hybridized carbons (Fsp3) is 0.933. The Kier molecular flexibility index (Phi) is 6.80. The van der Waals surface area contributed by atoms with E-state index in [1.165, 1.54) is 19.3 Å². The molecule has 112 valence electrons. The number of hydrogen-bond acceptors (Lipinski definition) is 3. The Balaban J connectivity index is 2.33. The van der Waals surface area contributed by atoms with Crippen LogP contribution in [0.15, 0.2) is 0 Å². The van der Waals surface area contributed by atoms with Crippen molar-refractivity contribution in [1.29, 1.82) is 0 Å². The first-order chi connectivity index (χ1) is 8.97. The number of amides is 1. The molecule has 4 heteroatoms. The number of carbonyl (C=O) groups is 1. The van der Waals surface area contributed by atoms with Gasteiger partial charge in [0.2, 0.25) is 5.91 Å². The first-order valence-corrected chi connectivity index (χ1v) is 7.62. The molecule has 0 radical (unpaired) electrons. The number of rotatable bonds is 7. The second-order valence-corrected chi connectivity index (χ2v) is 6.53. The molecule has 4 N–H and O–H groups in total. The van der Waals surface area contributed by atoms with Crippen LogP contribution in [0.25, 0.3) is 0 Å². The van der Waals surface area contributed by atoms with Crippen molar-refractivity contribution >= 4 is 5.91 Å². The van der Waals surface area contributed by atoms with Crippen LogP contribution in [-0.4, -0.2) is 30.2 Å². The maximum absolute atomic E-state index is 12.0. The summed E-state index contributed by atoms with van der Waals surface area (Å²) in [6.45, 7) is 5.08. The van der Waals surface area contributed by atoms with Crippen molar-refractivity contribution < 1.29 is 9.90 Å². The topological polar surface area (TPSA) is 75.3 Å². The first-order valence-electron chi connectivity index (χ1n) is 7.62. The number of nitrogens with one attached hydrogen (secondary N) is 1. The van der Waals surface area contributed by atoms with Gasteiger partial charge in [-0.1, -0.05) is 33.1 Å². The van der Waals surface area contributed by atoms with E-state index in [1.807, 2.05) is 0 Å². The van der Waals surface area contributed by atoms with E-state index in [-0.39, 0.29) is 11.3 Å². The fourth-order valence-corrected chi connectivity index (χ4v) is 3.02. The highest BCUT2D eigenvalue weighted by Gasteiger charge is 2.32. The molecule has 0 aliphatic heterocycles. The van der Waals surface area contributed by atoms with E-state index in [2.05, 4.69) is 19.2 Å². The van der Waals surface area contributed by atoms with Crippen LogP contribution >= 0.6 is 0 Å². The molecular weight excluding hydrogens is 240 g/mol. The second kappa shape index (κ2) is 7.85. The van der Waals surface area contributed by atoms with Gasteiger partial charge in [-0.05, 0) is 37.1 Å². The highest BCUT2D eigenvalue weighted by Crippen LogP contribution is 2.38. The molecule has 1 aliphatic rings. The molecule has 0 aromatic heterocycles. The van der Waals surface area contributed by atoms with Gasteiger partial charge in [0.15, 0.2) is 0 Å². The van der Waals surface area contributed by atoms with Crippen LogP contribution in [0.3, 0.4) is 0 Å². The Hall–Kier alpha value is -0.610. The third kappa shape index (κ3) is 5.91. The van der Waals surface area contributed by atoms with Gasteiger partial charge in [0, 0.05) is 13.0 Å². The van der Waals surface area contributed by atoms with E-state index < -0.39 is 6.10 Å². The van der Waals surface area contributed by atoms with Crippen molar-refractivity contribution in [3.63, 3.8) is 0 Å². The summed E-state index contributed by atoms with van der Waals surface area (Å²) in [6, 6.07) is 0. The van der Waals surface area contributed by atoms with Gasteiger partial charge in [-0.3, -0.25) is 4.79 Å². The zero-order valence-corrected chi connectivity index (χ0v) is 12.5. The van der Waals surface area contributed by atoms with Gasteiger partial charge in [0.1, 0.15) is 0 Å². The Labute approximate surface area is 117 Å². The van der Waals surface area contributed by atoms with Crippen molar-refractivity contribution in [3.05, 3.63) is 0 Å². The van der Waals surface area contributed by atoms with Crippen molar-refractivity contribution in [2.75, 3.05) is 13.1 Å². The maximum Gasteiger partial charge on any atom is 0.220 e. The average molecular weight is 270 g/mol. The van der Waals surface area contributed by atoms with Crippen molar-refractivity contribution in [2.24, 2.45) is 17.1 Å². The van der Waals surface area contributed by atoms with Crippen LogP contribution in [0.1, 0.15) is 58.8 Å². The molecular formula is C15H30N2O2. The number of aliphatic hydroxyl groups is 1. The third-order valence-electron chi connectivity index (χ3n) is 4.16. The summed E-state index contributed by atoms with van der Waals surface area (Å²) in [7, 11) is 0. The van der Waals surface area contributed by atoms with E-state index >= 15 is 0 Å². The van der Waals surface area contributed by atoms with Crippen LogP contribution in [0.4, 0.5) is 0 Å². The summed E-state index contributed by atoms with van der Waals surface area (Å²) in [6.07, 6.45) is 6.54. The van der Waals surface area contributed by atoms with Crippen LogP contribution in [0.2, 0.25) is 0 Å². The molecule has 1 saturated carbocycles. The minimum atomic E-state index is -0.441. The molecule has 0 bridgehead atoms. The third-order valence-corrected chi connectivity index (χ3v) is 4.16. The Morgan fingerprint density at radius 3 is 2.47 bits per heavy atom. The Morgan fingerprint density at radius 2 is 1.95 bits per heavy atom. The Morgan fingerprint density at radius 1 is 1.32 bits per heavy atom. The molecule has 0 spiro atoms. The molecule has 0 heterocycles. The lowest BCUT2D eigenvalue weighted by Gasteiger charge is -2.35. The summed E-state index contributed by atoms with van der Waals surface area (Å²) >= 11 is 0. The number of carbonyl (C=O) groups excluding carboxylic acids is 1. The summed E-state index contributed by atoms with van der Waals surface area (Å²) in [4.78, 5) is 12.0. The van der Waals surface area contributed by atoms with Gasteiger partial charge < -0.3 is 16.2 Å². The maximum atomic E-state index is 12.0. The van der Waals surface area contributed by atoms with Crippen LogP contribution in [-0.2, 0) is 4.79 Å². The zero-order chi connectivity index (χ0) is 14.3. The quantitative estimate of drug-likeness (QED) is 0.660. The predicted molar refractivity (Wildman–Crippen MR) is 77.7 cm³/mol. The van der Waals surface area contributed by atoms with E-state index in [0.717, 1.165) is 19.3 Å². The molecule has 0 saturated heterocycles. The molecule has 0 aromatic rings. The zero-order valence-electron chi connectivity index (χ0n) is 12.5. The minimum absolute atomic E-state index is 0.00529. The van der Waals surface area contributed by atoms with E-state index in [0.29, 0.717) is 25.4 Å². The molecule has 1 aliphatic carbocycles. The van der Waals surface area contributed by atoms with Crippen molar-refractivity contribution in [2.45, 2.75) is 64.9 Å². The molecule has 1 rings (SSSR count). The normalized spacial score (nSPS) is 20.3. The fourth-order valence-electron chi connectivity index (χ4n) is 3.02. The molecule has 1 fully saturated rings. The van der Waals surface area contributed by atoms with Gasteiger partial charge in [0.05, 0.1) is 6.10 Å². The molecule has 0 aromatic carbocycles. The lowest BCUT2D eigenvalue weighted by Crippen LogP contribution is -2.40. The van der Waals surface area contributed by atoms with Crippen LogP contribution < -0.4 is 11.1 Å². The standard InChI is InChI=1S/C15H30N2O2/c1-12(2)8-13(18)10-17-14(19)9-15(11-16)6-4-3-5-7-15/h12-13,18H,3-11,16H2,1-2H3,(H,17,19). The first kappa shape index (κ1) is 16.4. The SMILES string of the molecule is CC(C)CC(O)CNC(=O)CC1(CN)CCCCC1. The van der Waals surface area contributed by atoms with E-state index in [4.69, 9.17) is 5.73 Å².